The van der Waals surface area contributed by atoms with Crippen LogP contribution in [0.4, 0.5) is 4.79 Å². The average molecular weight is 489 g/mol. The third kappa shape index (κ3) is 7.00. The number of hydrogen-bond acceptors (Lipinski definition) is 6. The summed E-state index contributed by atoms with van der Waals surface area (Å²) in [7, 11) is 1.58. The molecule has 0 radical (unpaired) electrons. The van der Waals surface area contributed by atoms with Gasteiger partial charge in [-0.3, -0.25) is 19.3 Å². The second-order valence-electron chi connectivity index (χ2n) is 7.32. The van der Waals surface area contributed by atoms with Crippen molar-refractivity contribution in [3.63, 3.8) is 0 Å². The molecule has 1 fully saturated rings. The zero-order valence-electron chi connectivity index (χ0n) is 18.4. The second kappa shape index (κ2) is 11.8. The molecular weight excluding hydrogens is 464 g/mol. The molecule has 1 N–H and O–H groups in total. The summed E-state index contributed by atoms with van der Waals surface area (Å²) < 4.78 is 10.8. The van der Waals surface area contributed by atoms with E-state index in [1.165, 1.54) is 0 Å². The molecule has 33 heavy (non-hydrogen) atoms. The van der Waals surface area contributed by atoms with Gasteiger partial charge in [-0.25, -0.2) is 0 Å². The van der Waals surface area contributed by atoms with E-state index in [0.29, 0.717) is 28.7 Å². The van der Waals surface area contributed by atoms with Gasteiger partial charge in [0.15, 0.2) is 0 Å². The number of imide groups is 1. The van der Waals surface area contributed by atoms with Crippen LogP contribution in [0.3, 0.4) is 0 Å². The van der Waals surface area contributed by atoms with Crippen molar-refractivity contribution in [1.82, 2.24) is 10.2 Å². The first-order valence-electron chi connectivity index (χ1n) is 10.4. The molecule has 3 amide bonds. The highest BCUT2D eigenvalue weighted by Gasteiger charge is 2.34. The lowest BCUT2D eigenvalue weighted by Crippen LogP contribution is -2.37. The predicted octanol–water partition coefficient (Wildman–Crippen LogP) is 4.67. The number of methoxy groups -OCH3 is 1. The Bertz CT molecular complexity index is 1060. The third-order valence-electron chi connectivity index (χ3n) is 4.89. The topological polar surface area (TPSA) is 84.9 Å². The summed E-state index contributed by atoms with van der Waals surface area (Å²) in [6.45, 7) is 2.63. The van der Waals surface area contributed by atoms with Gasteiger partial charge < -0.3 is 14.8 Å². The summed E-state index contributed by atoms with van der Waals surface area (Å²) >= 11 is 6.82. The molecule has 3 rings (SSSR count). The van der Waals surface area contributed by atoms with Crippen LogP contribution in [0.5, 0.6) is 11.5 Å². The zero-order chi connectivity index (χ0) is 23.8. The summed E-state index contributed by atoms with van der Waals surface area (Å²) in [4.78, 5) is 38.4. The molecule has 0 saturated carbocycles. The number of nitrogens with one attached hydrogen (secondary N) is 1. The monoisotopic (exact) mass is 488 g/mol. The van der Waals surface area contributed by atoms with Crippen molar-refractivity contribution < 1.29 is 23.9 Å². The van der Waals surface area contributed by atoms with Crippen LogP contribution < -0.4 is 14.8 Å². The van der Waals surface area contributed by atoms with E-state index in [-0.39, 0.29) is 36.6 Å². The Labute approximate surface area is 202 Å². The molecule has 0 unspecified atom stereocenters. The fourth-order valence-corrected chi connectivity index (χ4v) is 4.22. The van der Waals surface area contributed by atoms with Crippen LogP contribution in [-0.4, -0.2) is 48.8 Å². The smallest absolute Gasteiger partial charge is 0.293 e. The fraction of sp³-hybridized carbons (Fsp3) is 0.292. The maximum atomic E-state index is 12.6. The van der Waals surface area contributed by atoms with Crippen molar-refractivity contribution in [3.8, 4) is 11.5 Å². The van der Waals surface area contributed by atoms with Gasteiger partial charge >= 0.3 is 0 Å². The molecule has 1 heterocycles. The van der Waals surface area contributed by atoms with Crippen LogP contribution in [0.25, 0.3) is 6.08 Å². The van der Waals surface area contributed by atoms with Gasteiger partial charge in [-0.1, -0.05) is 23.7 Å². The number of hydrogen-bond donors (Lipinski definition) is 1. The van der Waals surface area contributed by atoms with Gasteiger partial charge in [-0.2, -0.15) is 0 Å². The molecule has 7 nitrogen and oxygen atoms in total. The van der Waals surface area contributed by atoms with Crippen LogP contribution in [0.15, 0.2) is 47.4 Å². The first kappa shape index (κ1) is 24.7. The summed E-state index contributed by atoms with van der Waals surface area (Å²) in [5.41, 5.74) is 1.73. The maximum Gasteiger partial charge on any atom is 0.293 e. The second-order valence-corrected chi connectivity index (χ2v) is 8.75. The Morgan fingerprint density at radius 3 is 2.64 bits per heavy atom. The lowest BCUT2D eigenvalue weighted by atomic mass is 10.2. The summed E-state index contributed by atoms with van der Waals surface area (Å²) in [6.07, 6.45) is 2.50. The number of carbonyl (C=O) groups is 3. The lowest BCUT2D eigenvalue weighted by molar-refractivity contribution is -0.124. The highest BCUT2D eigenvalue weighted by atomic mass is 35.5. The molecule has 2 aromatic rings. The molecule has 0 aliphatic carbocycles. The van der Waals surface area contributed by atoms with E-state index in [2.05, 4.69) is 5.32 Å². The van der Waals surface area contributed by atoms with Gasteiger partial charge in [-0.05, 0) is 72.6 Å². The number of rotatable bonds is 10. The normalized spacial score (nSPS) is 14.6. The number of benzene rings is 2. The molecular formula is C24H25ClN2O5S. The fourth-order valence-electron chi connectivity index (χ4n) is 3.13. The first-order valence-corrected chi connectivity index (χ1v) is 11.6. The first-order chi connectivity index (χ1) is 15.9. The zero-order valence-corrected chi connectivity index (χ0v) is 20.0. The minimum Gasteiger partial charge on any atom is -0.497 e. The number of nitrogens with zero attached hydrogens (tertiary/aromatic N) is 1. The molecule has 0 aromatic heterocycles. The molecule has 0 atom stereocenters. The highest BCUT2D eigenvalue weighted by molar-refractivity contribution is 8.18. The van der Waals surface area contributed by atoms with Gasteiger partial charge in [-0.15, -0.1) is 0 Å². The number of thioether (sulfide) groups is 1. The van der Waals surface area contributed by atoms with E-state index in [1.54, 1.807) is 37.5 Å². The van der Waals surface area contributed by atoms with Gasteiger partial charge in [0.2, 0.25) is 5.91 Å². The molecule has 2 aromatic carbocycles. The van der Waals surface area contributed by atoms with E-state index in [9.17, 15) is 14.4 Å². The van der Waals surface area contributed by atoms with E-state index < -0.39 is 0 Å². The molecule has 9 heteroatoms. The van der Waals surface area contributed by atoms with Gasteiger partial charge in [0.05, 0.1) is 18.6 Å². The average Bonchev–Trinajstić information content (AvgIpc) is 3.05. The Hall–Kier alpha value is -2.97. The van der Waals surface area contributed by atoms with Crippen molar-refractivity contribution in [1.29, 1.82) is 0 Å². The van der Waals surface area contributed by atoms with E-state index >= 15 is 0 Å². The number of halogens is 1. The number of aryl methyl sites for hydroxylation is 1. The summed E-state index contributed by atoms with van der Waals surface area (Å²) in [6, 6.07) is 12.6. The summed E-state index contributed by atoms with van der Waals surface area (Å²) in [5, 5.41) is 3.05. The van der Waals surface area contributed by atoms with Crippen molar-refractivity contribution in [2.45, 2.75) is 19.8 Å². The van der Waals surface area contributed by atoms with Gasteiger partial charge in [0.25, 0.3) is 11.1 Å². The Balaban J connectivity index is 1.39. The minimum atomic E-state index is -0.359. The summed E-state index contributed by atoms with van der Waals surface area (Å²) in [5.74, 6) is 0.929. The molecule has 174 valence electrons. The largest absolute Gasteiger partial charge is 0.497 e. The van der Waals surface area contributed by atoms with Crippen LogP contribution in [0.1, 0.15) is 24.0 Å². The quantitative estimate of drug-likeness (QED) is 0.386. The minimum absolute atomic E-state index is 0.122. The maximum absolute atomic E-state index is 12.6. The van der Waals surface area contributed by atoms with Gasteiger partial charge in [0, 0.05) is 24.5 Å². The van der Waals surface area contributed by atoms with Gasteiger partial charge in [0.1, 0.15) is 11.5 Å². The standard InChI is InChI=1S/C24H25ClN2O5S/c1-16-14-18(25)7-10-20(16)32-13-3-4-22(28)26-11-12-27-23(29)21(33-24(27)30)15-17-5-8-19(31-2)9-6-17/h5-10,14-15H,3-4,11-13H2,1-2H3,(H,26,28). The Morgan fingerprint density at radius 2 is 1.94 bits per heavy atom. The van der Waals surface area contributed by atoms with Crippen LogP contribution in [0.2, 0.25) is 5.02 Å². The number of amides is 3. The number of carbonyl (C=O) groups excluding carboxylic acids is 3. The molecule has 0 bridgehead atoms. The van der Waals surface area contributed by atoms with Crippen molar-refractivity contribution in [2.24, 2.45) is 0 Å². The molecule has 1 saturated heterocycles. The van der Waals surface area contributed by atoms with E-state index in [1.807, 2.05) is 25.1 Å². The SMILES string of the molecule is COc1ccc(C=C2SC(=O)N(CCNC(=O)CCCOc3ccc(Cl)cc3C)C2=O)cc1. The van der Waals surface area contributed by atoms with Crippen LogP contribution in [0, 0.1) is 6.92 Å². The van der Waals surface area contributed by atoms with Crippen LogP contribution >= 0.6 is 23.4 Å². The van der Waals surface area contributed by atoms with Crippen LogP contribution in [-0.2, 0) is 9.59 Å². The molecule has 0 spiro atoms. The van der Waals surface area contributed by atoms with Crippen molar-refractivity contribution in [2.75, 3.05) is 26.8 Å². The predicted molar refractivity (Wildman–Crippen MR) is 130 cm³/mol. The molecule has 1 aliphatic rings. The van der Waals surface area contributed by atoms with Crippen molar-refractivity contribution >= 4 is 46.5 Å². The van der Waals surface area contributed by atoms with E-state index in [4.69, 9.17) is 21.1 Å². The third-order valence-corrected chi connectivity index (χ3v) is 6.03. The highest BCUT2D eigenvalue weighted by Crippen LogP contribution is 2.32. The van der Waals surface area contributed by atoms with E-state index in [0.717, 1.165) is 33.5 Å². The lowest BCUT2D eigenvalue weighted by Gasteiger charge is -2.13. The number of ether oxygens (including phenoxy) is 2. The Morgan fingerprint density at radius 1 is 1.18 bits per heavy atom. The van der Waals surface area contributed by atoms with Crippen molar-refractivity contribution in [3.05, 3.63) is 63.5 Å². The molecule has 1 aliphatic heterocycles. The Kier molecular flexibility index (Phi) is 8.79.